The molecule has 0 aromatic carbocycles. The molecule has 0 aliphatic carbocycles. The van der Waals surface area contributed by atoms with Crippen molar-refractivity contribution in [3.63, 3.8) is 0 Å². The molecule has 1 atom stereocenters. The molecule has 6 heteroatoms. The quantitative estimate of drug-likeness (QED) is 0.605. The Morgan fingerprint density at radius 3 is 2.17 bits per heavy atom. The van der Waals surface area contributed by atoms with E-state index in [1.165, 1.54) is 7.11 Å². The Morgan fingerprint density at radius 2 is 1.78 bits per heavy atom. The summed E-state index contributed by atoms with van der Waals surface area (Å²) in [6, 6.07) is 0. The second-order valence-electron chi connectivity index (χ2n) is 5.28. The fourth-order valence-corrected chi connectivity index (χ4v) is 1.08. The number of methoxy groups -OCH3 is 1. The van der Waals surface area contributed by atoms with Crippen molar-refractivity contribution in [1.29, 1.82) is 0 Å². The van der Waals surface area contributed by atoms with E-state index < -0.39 is 17.8 Å². The van der Waals surface area contributed by atoms with Gasteiger partial charge in [0, 0.05) is 0 Å². The van der Waals surface area contributed by atoms with Crippen molar-refractivity contribution in [1.82, 2.24) is 5.48 Å². The van der Waals surface area contributed by atoms with Crippen molar-refractivity contribution in [2.24, 2.45) is 5.92 Å². The summed E-state index contributed by atoms with van der Waals surface area (Å²) in [5.74, 6) is -0.335. The van der Waals surface area contributed by atoms with Gasteiger partial charge in [-0.05, 0) is 26.7 Å². The summed E-state index contributed by atoms with van der Waals surface area (Å²) < 4.78 is 9.56. The third-order valence-electron chi connectivity index (χ3n) is 2.03. The monoisotopic (exact) mass is 261 g/mol. The molecule has 18 heavy (non-hydrogen) atoms. The van der Waals surface area contributed by atoms with E-state index >= 15 is 0 Å². The number of nitrogens with one attached hydrogen (secondary N) is 1. The third-order valence-corrected chi connectivity index (χ3v) is 2.03. The maximum Gasteiger partial charge on any atom is 0.431 e. The maximum atomic E-state index is 11.4. The lowest BCUT2D eigenvalue weighted by Gasteiger charge is -2.23. The molecule has 0 spiro atoms. The van der Waals surface area contributed by atoms with Gasteiger partial charge < -0.3 is 9.47 Å². The lowest BCUT2D eigenvalue weighted by atomic mass is 10.0. The molecule has 1 amide bonds. The molecule has 106 valence electrons. The van der Waals surface area contributed by atoms with Crippen LogP contribution in [0.4, 0.5) is 4.79 Å². The molecule has 0 rings (SSSR count). The van der Waals surface area contributed by atoms with Crippen LogP contribution in [0.3, 0.4) is 0 Å². The normalized spacial score (nSPS) is 13.1. The van der Waals surface area contributed by atoms with Crippen molar-refractivity contribution < 1.29 is 23.9 Å². The topological polar surface area (TPSA) is 73.9 Å². The first-order valence-electron chi connectivity index (χ1n) is 5.87. The van der Waals surface area contributed by atoms with Gasteiger partial charge in [0.2, 0.25) is 0 Å². The highest BCUT2D eigenvalue weighted by molar-refractivity contribution is 5.70. The van der Waals surface area contributed by atoms with Crippen LogP contribution in [-0.4, -0.2) is 30.9 Å². The van der Waals surface area contributed by atoms with Crippen LogP contribution in [0.15, 0.2) is 0 Å². The number of ether oxygens (including phenoxy) is 2. The summed E-state index contributed by atoms with van der Waals surface area (Å²) in [5, 5.41) is 0. The van der Waals surface area contributed by atoms with E-state index in [-0.39, 0.29) is 18.3 Å². The second-order valence-corrected chi connectivity index (χ2v) is 5.28. The predicted molar refractivity (Wildman–Crippen MR) is 65.7 cm³/mol. The Labute approximate surface area is 108 Å². The summed E-state index contributed by atoms with van der Waals surface area (Å²) in [6.07, 6.45) is -1.06. The Kier molecular flexibility index (Phi) is 6.68. The van der Waals surface area contributed by atoms with Crippen LogP contribution in [0.25, 0.3) is 0 Å². The van der Waals surface area contributed by atoms with Crippen LogP contribution in [0, 0.1) is 5.92 Å². The molecule has 1 unspecified atom stereocenters. The third kappa shape index (κ3) is 7.89. The fraction of sp³-hybridized carbons (Fsp3) is 0.833. The smallest absolute Gasteiger partial charge is 0.431 e. The van der Waals surface area contributed by atoms with Crippen LogP contribution >= 0.6 is 0 Å². The second kappa shape index (κ2) is 7.20. The zero-order valence-electron chi connectivity index (χ0n) is 11.9. The van der Waals surface area contributed by atoms with Crippen molar-refractivity contribution in [3.05, 3.63) is 0 Å². The number of carbonyl (C=O) groups excluding carboxylic acids is 2. The van der Waals surface area contributed by atoms with Crippen LogP contribution in [0.5, 0.6) is 0 Å². The Hall–Kier alpha value is -1.30. The van der Waals surface area contributed by atoms with E-state index in [1.54, 1.807) is 20.8 Å². The minimum absolute atomic E-state index is 0.0547. The Bertz CT molecular complexity index is 283. The lowest BCUT2D eigenvalue weighted by Crippen LogP contribution is -2.37. The molecule has 0 saturated carbocycles. The van der Waals surface area contributed by atoms with Gasteiger partial charge in [-0.2, -0.15) is 5.48 Å². The van der Waals surface area contributed by atoms with Crippen LogP contribution < -0.4 is 5.48 Å². The van der Waals surface area contributed by atoms with E-state index in [0.29, 0.717) is 0 Å². The molecule has 0 fully saturated rings. The SMILES string of the molecule is COC(=O)CC(ONC(=O)OC(C)(C)C)C(C)C. The average molecular weight is 261 g/mol. The Morgan fingerprint density at radius 1 is 1.22 bits per heavy atom. The van der Waals surface area contributed by atoms with Gasteiger partial charge in [0.15, 0.2) is 0 Å². The van der Waals surface area contributed by atoms with Crippen LogP contribution in [0.1, 0.15) is 41.0 Å². The largest absolute Gasteiger partial charge is 0.469 e. The van der Waals surface area contributed by atoms with Crippen molar-refractivity contribution in [2.75, 3.05) is 7.11 Å². The van der Waals surface area contributed by atoms with Gasteiger partial charge in [-0.25, -0.2) is 4.79 Å². The summed E-state index contributed by atoms with van der Waals surface area (Å²) in [4.78, 5) is 27.7. The van der Waals surface area contributed by atoms with E-state index in [9.17, 15) is 9.59 Å². The number of rotatable bonds is 5. The zero-order valence-corrected chi connectivity index (χ0v) is 11.9. The van der Waals surface area contributed by atoms with E-state index in [2.05, 4.69) is 10.2 Å². The molecular weight excluding hydrogens is 238 g/mol. The average Bonchev–Trinajstić information content (AvgIpc) is 2.20. The molecule has 0 radical (unpaired) electrons. The molecule has 0 bridgehead atoms. The fourth-order valence-electron chi connectivity index (χ4n) is 1.08. The van der Waals surface area contributed by atoms with E-state index in [1.807, 2.05) is 13.8 Å². The van der Waals surface area contributed by atoms with Crippen molar-refractivity contribution in [2.45, 2.75) is 52.7 Å². The molecular formula is C12H23NO5. The van der Waals surface area contributed by atoms with Crippen LogP contribution in [0.2, 0.25) is 0 Å². The van der Waals surface area contributed by atoms with Gasteiger partial charge in [-0.15, -0.1) is 0 Å². The molecule has 0 aliphatic heterocycles. The molecule has 0 aliphatic rings. The van der Waals surface area contributed by atoms with Gasteiger partial charge in [0.1, 0.15) is 5.60 Å². The van der Waals surface area contributed by atoms with E-state index in [4.69, 9.17) is 9.57 Å². The van der Waals surface area contributed by atoms with Gasteiger partial charge >= 0.3 is 12.1 Å². The van der Waals surface area contributed by atoms with E-state index in [0.717, 1.165) is 0 Å². The summed E-state index contributed by atoms with van der Waals surface area (Å²) in [7, 11) is 1.31. The maximum absolute atomic E-state index is 11.4. The van der Waals surface area contributed by atoms with Crippen LogP contribution in [-0.2, 0) is 19.1 Å². The Balaban J connectivity index is 4.20. The molecule has 0 saturated heterocycles. The zero-order chi connectivity index (χ0) is 14.3. The molecule has 0 aromatic rings. The predicted octanol–water partition coefficient (Wildman–Crippen LogP) is 2.03. The number of esters is 1. The van der Waals surface area contributed by atoms with Gasteiger partial charge in [-0.1, -0.05) is 13.8 Å². The molecule has 0 heterocycles. The number of hydroxylamine groups is 1. The molecule has 6 nitrogen and oxygen atoms in total. The standard InChI is InChI=1S/C12H23NO5/c1-8(2)9(7-10(14)16-6)18-13-11(15)17-12(3,4)5/h8-9H,7H2,1-6H3,(H,13,15). The summed E-state index contributed by atoms with van der Waals surface area (Å²) in [5.41, 5.74) is 1.59. The highest BCUT2D eigenvalue weighted by atomic mass is 16.7. The molecule has 1 N–H and O–H groups in total. The number of amides is 1. The number of hydrogen-bond acceptors (Lipinski definition) is 5. The van der Waals surface area contributed by atoms with Gasteiger partial charge in [-0.3, -0.25) is 9.63 Å². The summed E-state index contributed by atoms with van der Waals surface area (Å²) in [6.45, 7) is 9.01. The highest BCUT2D eigenvalue weighted by Crippen LogP contribution is 2.11. The molecule has 0 aromatic heterocycles. The van der Waals surface area contributed by atoms with Gasteiger partial charge in [0.05, 0.1) is 19.6 Å². The first kappa shape index (κ1) is 16.7. The summed E-state index contributed by atoms with van der Waals surface area (Å²) >= 11 is 0. The lowest BCUT2D eigenvalue weighted by molar-refractivity contribution is -0.147. The van der Waals surface area contributed by atoms with Crippen molar-refractivity contribution >= 4 is 12.1 Å². The highest BCUT2D eigenvalue weighted by Gasteiger charge is 2.22. The minimum atomic E-state index is -0.682. The first-order valence-corrected chi connectivity index (χ1v) is 5.87. The number of hydrogen-bond donors (Lipinski definition) is 1. The number of carbonyl (C=O) groups is 2. The first-order chi connectivity index (χ1) is 8.15. The van der Waals surface area contributed by atoms with Gasteiger partial charge in [0.25, 0.3) is 0 Å². The minimum Gasteiger partial charge on any atom is -0.469 e. The van der Waals surface area contributed by atoms with Crippen molar-refractivity contribution in [3.8, 4) is 0 Å².